The van der Waals surface area contributed by atoms with Crippen LogP contribution in [0.5, 0.6) is 0 Å². The number of hydrogen-bond acceptors (Lipinski definition) is 6. The second-order valence-corrected chi connectivity index (χ2v) is 7.03. The molecule has 0 aliphatic heterocycles. The van der Waals surface area contributed by atoms with E-state index in [0.29, 0.717) is 5.69 Å². The van der Waals surface area contributed by atoms with Gasteiger partial charge in [-0.1, -0.05) is 34.1 Å². The summed E-state index contributed by atoms with van der Waals surface area (Å²) in [5.74, 6) is -2.34. The van der Waals surface area contributed by atoms with E-state index in [9.17, 15) is 24.8 Å². The van der Waals surface area contributed by atoms with Crippen molar-refractivity contribution in [3.8, 4) is 11.3 Å². The molecule has 0 spiro atoms. The molecule has 1 amide bonds. The van der Waals surface area contributed by atoms with Crippen LogP contribution in [0.25, 0.3) is 11.3 Å². The van der Waals surface area contributed by atoms with Gasteiger partial charge in [-0.3, -0.25) is 20.2 Å². The van der Waals surface area contributed by atoms with E-state index in [1.807, 2.05) is 24.3 Å². The molecule has 0 saturated heterocycles. The van der Waals surface area contributed by atoms with Gasteiger partial charge in [0.2, 0.25) is 0 Å². The van der Waals surface area contributed by atoms with Crippen LogP contribution >= 0.6 is 27.3 Å². The van der Waals surface area contributed by atoms with E-state index in [0.717, 1.165) is 27.4 Å². The fourth-order valence-corrected chi connectivity index (χ4v) is 3.33. The first-order valence-electron chi connectivity index (χ1n) is 7.40. The summed E-state index contributed by atoms with van der Waals surface area (Å²) in [7, 11) is 0. The van der Waals surface area contributed by atoms with Crippen molar-refractivity contribution in [3.63, 3.8) is 0 Å². The molecule has 8 nitrogen and oxygen atoms in total. The Morgan fingerprint density at radius 1 is 1.19 bits per heavy atom. The Balaban J connectivity index is 1.88. The third-order valence-corrected chi connectivity index (χ3v) is 4.85. The molecule has 2 aromatic carbocycles. The monoisotopic (exact) mass is 447 g/mol. The van der Waals surface area contributed by atoms with Gasteiger partial charge in [0.1, 0.15) is 5.56 Å². The van der Waals surface area contributed by atoms with E-state index < -0.39 is 28.1 Å². The molecular weight excluding hydrogens is 438 g/mol. The van der Waals surface area contributed by atoms with Crippen LogP contribution in [0.15, 0.2) is 52.3 Å². The number of nitrogens with one attached hydrogen (secondary N) is 1. The first kappa shape index (κ1) is 18.7. The van der Waals surface area contributed by atoms with Crippen LogP contribution in [-0.2, 0) is 0 Å². The molecule has 0 unspecified atom stereocenters. The van der Waals surface area contributed by atoms with Crippen molar-refractivity contribution < 1.29 is 19.6 Å². The van der Waals surface area contributed by atoms with Crippen molar-refractivity contribution in [1.82, 2.24) is 4.98 Å². The Hall–Kier alpha value is -3.11. The number of nitrogens with zero attached hydrogens (tertiary/aromatic N) is 2. The summed E-state index contributed by atoms with van der Waals surface area (Å²) in [5, 5.41) is 24.8. The highest BCUT2D eigenvalue weighted by Crippen LogP contribution is 2.28. The van der Waals surface area contributed by atoms with Crippen molar-refractivity contribution in [3.05, 3.63) is 73.6 Å². The maximum absolute atomic E-state index is 12.5. The number of rotatable bonds is 5. The summed E-state index contributed by atoms with van der Waals surface area (Å²) in [6, 6.07) is 10.9. The lowest BCUT2D eigenvalue weighted by Crippen LogP contribution is -2.17. The summed E-state index contributed by atoms with van der Waals surface area (Å²) in [4.78, 5) is 38.4. The van der Waals surface area contributed by atoms with Gasteiger partial charge in [-0.25, -0.2) is 9.78 Å². The fourth-order valence-electron chi connectivity index (χ4n) is 2.36. The van der Waals surface area contributed by atoms with Gasteiger partial charge in [0.05, 0.1) is 16.2 Å². The van der Waals surface area contributed by atoms with Crippen LogP contribution in [0.2, 0.25) is 0 Å². The van der Waals surface area contributed by atoms with Gasteiger partial charge in [-0.2, -0.15) is 0 Å². The van der Waals surface area contributed by atoms with Crippen LogP contribution in [0, 0.1) is 10.1 Å². The number of halogens is 1. The van der Waals surface area contributed by atoms with Crippen LogP contribution in [-0.4, -0.2) is 26.9 Å². The minimum absolute atomic E-state index is 0.251. The van der Waals surface area contributed by atoms with Gasteiger partial charge < -0.3 is 5.11 Å². The number of nitro groups is 1. The highest BCUT2D eigenvalue weighted by atomic mass is 79.9. The molecule has 0 atom stereocenters. The topological polar surface area (TPSA) is 122 Å². The third-order valence-electron chi connectivity index (χ3n) is 3.56. The normalized spacial score (nSPS) is 10.4. The molecule has 1 aromatic heterocycles. The molecular formula is C17H10BrN3O5S. The Kier molecular flexibility index (Phi) is 5.28. The maximum atomic E-state index is 12.5. The number of benzene rings is 2. The van der Waals surface area contributed by atoms with E-state index in [4.69, 9.17) is 0 Å². The molecule has 0 fully saturated rings. The largest absolute Gasteiger partial charge is 0.477 e. The van der Waals surface area contributed by atoms with Crippen LogP contribution in [0.1, 0.15) is 20.7 Å². The van der Waals surface area contributed by atoms with Gasteiger partial charge in [0.25, 0.3) is 11.6 Å². The Morgan fingerprint density at radius 2 is 1.89 bits per heavy atom. The number of aromatic carboxylic acids is 1. The van der Waals surface area contributed by atoms with E-state index in [-0.39, 0.29) is 10.7 Å². The predicted octanol–water partition coefficient (Wildman–Crippen LogP) is 4.43. The second-order valence-electron chi connectivity index (χ2n) is 5.26. The number of anilines is 1. The lowest BCUT2D eigenvalue weighted by Gasteiger charge is -2.06. The number of amides is 1. The quantitative estimate of drug-likeness (QED) is 0.440. The number of thiazole rings is 1. The van der Waals surface area contributed by atoms with Crippen molar-refractivity contribution in [2.75, 3.05) is 5.32 Å². The number of carbonyl (C=O) groups is 2. The zero-order valence-corrected chi connectivity index (χ0v) is 15.8. The Bertz CT molecular complexity index is 1050. The second kappa shape index (κ2) is 7.64. The lowest BCUT2D eigenvalue weighted by molar-refractivity contribution is -0.385. The summed E-state index contributed by atoms with van der Waals surface area (Å²) < 4.78 is 0.918. The molecule has 0 saturated carbocycles. The van der Waals surface area contributed by atoms with Crippen LogP contribution in [0.4, 0.5) is 10.8 Å². The van der Waals surface area contributed by atoms with Gasteiger partial charge in [-0.15, -0.1) is 11.3 Å². The SMILES string of the molecule is O=C(Nc1nc(-c2ccc(Br)cc2)cs1)c1cccc([N+](=O)[O-])c1C(=O)O. The lowest BCUT2D eigenvalue weighted by atomic mass is 10.0. The van der Waals surface area contributed by atoms with Gasteiger partial charge >= 0.3 is 5.97 Å². The number of nitro benzene ring substituents is 1. The van der Waals surface area contributed by atoms with Gasteiger partial charge in [-0.05, 0) is 18.2 Å². The van der Waals surface area contributed by atoms with E-state index in [1.165, 1.54) is 12.1 Å². The molecule has 3 aromatic rings. The molecule has 27 heavy (non-hydrogen) atoms. The Labute approximate surface area is 164 Å². The van der Waals surface area contributed by atoms with Crippen LogP contribution in [0.3, 0.4) is 0 Å². The third kappa shape index (κ3) is 4.01. The highest BCUT2D eigenvalue weighted by molar-refractivity contribution is 9.10. The molecule has 3 rings (SSSR count). The first-order valence-corrected chi connectivity index (χ1v) is 9.07. The molecule has 0 radical (unpaired) electrons. The van der Waals surface area contributed by atoms with Crippen molar-refractivity contribution in [2.45, 2.75) is 0 Å². The number of hydrogen-bond donors (Lipinski definition) is 2. The first-order chi connectivity index (χ1) is 12.9. The molecule has 0 bridgehead atoms. The zero-order chi connectivity index (χ0) is 19.6. The standard InChI is InChI=1S/C17H10BrN3O5S/c18-10-6-4-9(5-7-10)12-8-27-17(19-12)20-15(22)11-2-1-3-13(21(25)26)14(11)16(23)24/h1-8H,(H,23,24)(H,19,20,22). The van der Waals surface area contributed by atoms with E-state index in [1.54, 1.807) is 5.38 Å². The van der Waals surface area contributed by atoms with Crippen molar-refractivity contribution >= 4 is 50.0 Å². The number of carboxylic acids is 1. The molecule has 10 heteroatoms. The van der Waals surface area contributed by atoms with Gasteiger partial charge in [0, 0.05) is 21.5 Å². The number of carboxylic acid groups (broad SMARTS) is 1. The zero-order valence-electron chi connectivity index (χ0n) is 13.4. The van der Waals surface area contributed by atoms with Crippen LogP contribution < -0.4 is 5.32 Å². The van der Waals surface area contributed by atoms with E-state index >= 15 is 0 Å². The molecule has 136 valence electrons. The number of carbonyl (C=O) groups excluding carboxylic acids is 1. The molecule has 1 heterocycles. The maximum Gasteiger partial charge on any atom is 0.343 e. The fraction of sp³-hybridized carbons (Fsp3) is 0. The minimum Gasteiger partial charge on any atom is -0.477 e. The van der Waals surface area contributed by atoms with Gasteiger partial charge in [0.15, 0.2) is 5.13 Å². The predicted molar refractivity (Wildman–Crippen MR) is 103 cm³/mol. The molecule has 0 aliphatic carbocycles. The smallest absolute Gasteiger partial charge is 0.343 e. The summed E-state index contributed by atoms with van der Waals surface area (Å²) in [6.07, 6.45) is 0. The molecule has 0 aliphatic rings. The Morgan fingerprint density at radius 3 is 2.52 bits per heavy atom. The molecule has 2 N–H and O–H groups in total. The summed E-state index contributed by atoms with van der Waals surface area (Å²) >= 11 is 4.51. The average molecular weight is 448 g/mol. The minimum atomic E-state index is -1.55. The van der Waals surface area contributed by atoms with E-state index in [2.05, 4.69) is 26.2 Å². The van der Waals surface area contributed by atoms with Crippen molar-refractivity contribution in [2.24, 2.45) is 0 Å². The average Bonchev–Trinajstić information content (AvgIpc) is 3.09. The highest BCUT2D eigenvalue weighted by Gasteiger charge is 2.27. The summed E-state index contributed by atoms with van der Waals surface area (Å²) in [6.45, 7) is 0. The summed E-state index contributed by atoms with van der Waals surface area (Å²) in [5.41, 5.74) is -0.136. The van der Waals surface area contributed by atoms with Crippen molar-refractivity contribution in [1.29, 1.82) is 0 Å². The number of aromatic nitrogens is 1.